The molecule has 6 nitrogen and oxygen atoms in total. The number of aromatic nitrogens is 1. The van der Waals surface area contributed by atoms with Crippen LogP contribution in [0.3, 0.4) is 0 Å². The molecule has 0 spiro atoms. The van der Waals surface area contributed by atoms with Crippen LogP contribution >= 0.6 is 11.3 Å². The van der Waals surface area contributed by atoms with Crippen molar-refractivity contribution < 1.29 is 13.9 Å². The Bertz CT molecular complexity index is 1040. The lowest BCUT2D eigenvalue weighted by Crippen LogP contribution is -2.33. The van der Waals surface area contributed by atoms with Gasteiger partial charge in [-0.2, -0.15) is 0 Å². The summed E-state index contributed by atoms with van der Waals surface area (Å²) < 4.78 is 20.8. The SMILES string of the molecule is CNCCC(Oc1cc(F)cc(N2CCN(C)c3ncccc3C2=O)c1)c1cccs1. The van der Waals surface area contributed by atoms with Gasteiger partial charge in [-0.25, -0.2) is 9.37 Å². The number of amides is 1. The summed E-state index contributed by atoms with van der Waals surface area (Å²) in [5.41, 5.74) is 0.975. The molecule has 1 unspecified atom stereocenters. The van der Waals surface area contributed by atoms with Crippen molar-refractivity contribution in [3.8, 4) is 5.75 Å². The lowest BCUT2D eigenvalue weighted by atomic mass is 10.2. The van der Waals surface area contributed by atoms with E-state index < -0.39 is 5.82 Å². The first-order valence-electron chi connectivity index (χ1n) is 10.2. The topological polar surface area (TPSA) is 57.7 Å². The second-order valence-corrected chi connectivity index (χ2v) is 8.39. The van der Waals surface area contributed by atoms with Gasteiger partial charge in [0.15, 0.2) is 0 Å². The van der Waals surface area contributed by atoms with Gasteiger partial charge in [0, 0.05) is 49.8 Å². The van der Waals surface area contributed by atoms with Crippen molar-refractivity contribution in [2.75, 3.05) is 43.5 Å². The van der Waals surface area contributed by atoms with Crippen LogP contribution in [0.5, 0.6) is 5.75 Å². The maximum atomic E-state index is 14.6. The minimum Gasteiger partial charge on any atom is -0.485 e. The molecule has 3 heterocycles. The second-order valence-electron chi connectivity index (χ2n) is 7.41. The predicted octanol–water partition coefficient (Wildman–Crippen LogP) is 4.11. The third-order valence-electron chi connectivity index (χ3n) is 5.25. The summed E-state index contributed by atoms with van der Waals surface area (Å²) in [4.78, 5) is 22.2. The van der Waals surface area contributed by atoms with Gasteiger partial charge < -0.3 is 19.9 Å². The summed E-state index contributed by atoms with van der Waals surface area (Å²) in [5.74, 6) is 0.394. The van der Waals surface area contributed by atoms with Crippen LogP contribution in [0.15, 0.2) is 54.0 Å². The van der Waals surface area contributed by atoms with Crippen molar-refractivity contribution in [2.24, 2.45) is 0 Å². The molecule has 1 amide bonds. The van der Waals surface area contributed by atoms with Gasteiger partial charge in [0.1, 0.15) is 23.5 Å². The number of halogens is 1. The zero-order valence-electron chi connectivity index (χ0n) is 17.5. The molecule has 0 bridgehead atoms. The molecular weight excluding hydrogens is 415 g/mol. The van der Waals surface area contributed by atoms with Crippen LogP contribution in [0.1, 0.15) is 27.8 Å². The number of pyridine rings is 1. The highest BCUT2D eigenvalue weighted by Crippen LogP contribution is 2.32. The first kappa shape index (κ1) is 21.3. The van der Waals surface area contributed by atoms with E-state index in [2.05, 4.69) is 10.3 Å². The quantitative estimate of drug-likeness (QED) is 0.599. The van der Waals surface area contributed by atoms with E-state index in [1.807, 2.05) is 36.5 Å². The smallest absolute Gasteiger partial charge is 0.262 e. The molecule has 0 aliphatic carbocycles. The van der Waals surface area contributed by atoms with Crippen LogP contribution in [-0.4, -0.2) is 44.6 Å². The Morgan fingerprint density at radius 2 is 2.13 bits per heavy atom. The van der Waals surface area contributed by atoms with Gasteiger partial charge in [0.05, 0.1) is 11.3 Å². The van der Waals surface area contributed by atoms with Gasteiger partial charge in [0.2, 0.25) is 0 Å². The standard InChI is InChI=1S/C23H25FN4O2S/c1-25-9-7-20(21-6-4-12-31-21)30-18-14-16(24)13-17(15-18)28-11-10-27(2)22-19(23(28)29)5-3-8-26-22/h3-6,8,12-15,20,25H,7,9-11H2,1-2H3. The van der Waals surface area contributed by atoms with E-state index in [9.17, 15) is 9.18 Å². The average Bonchev–Trinajstić information content (AvgIpc) is 3.27. The van der Waals surface area contributed by atoms with Gasteiger partial charge in [-0.3, -0.25) is 4.79 Å². The number of hydrogen-bond acceptors (Lipinski definition) is 6. The molecule has 1 aliphatic heterocycles. The number of thiophene rings is 1. The summed E-state index contributed by atoms with van der Waals surface area (Å²) in [6.45, 7) is 1.77. The fourth-order valence-electron chi connectivity index (χ4n) is 3.66. The Morgan fingerprint density at radius 1 is 1.26 bits per heavy atom. The molecule has 2 aromatic heterocycles. The number of nitrogens with one attached hydrogen (secondary N) is 1. The molecule has 1 atom stereocenters. The van der Waals surface area contributed by atoms with Crippen LogP contribution < -0.4 is 19.9 Å². The van der Waals surface area contributed by atoms with E-state index in [0.717, 1.165) is 17.8 Å². The molecule has 8 heteroatoms. The highest BCUT2D eigenvalue weighted by atomic mass is 32.1. The Labute approximate surface area is 185 Å². The number of likely N-dealkylation sites (N-methyl/N-ethyl adjacent to an activating group) is 1. The van der Waals surface area contributed by atoms with E-state index in [4.69, 9.17) is 4.74 Å². The molecule has 0 saturated carbocycles. The molecule has 0 saturated heterocycles. The number of rotatable bonds is 7. The van der Waals surface area contributed by atoms with Crippen molar-refractivity contribution in [1.29, 1.82) is 0 Å². The van der Waals surface area contributed by atoms with E-state index in [1.165, 1.54) is 12.1 Å². The third-order valence-corrected chi connectivity index (χ3v) is 6.21. The first-order chi connectivity index (χ1) is 15.1. The largest absolute Gasteiger partial charge is 0.485 e. The molecule has 0 radical (unpaired) electrons. The summed E-state index contributed by atoms with van der Waals surface area (Å²) in [5, 5.41) is 5.13. The molecule has 31 heavy (non-hydrogen) atoms. The van der Waals surface area contributed by atoms with Crippen LogP contribution in [-0.2, 0) is 0 Å². The number of ether oxygens (including phenoxy) is 1. The normalized spacial score (nSPS) is 14.9. The Hall–Kier alpha value is -2.97. The predicted molar refractivity (Wildman–Crippen MR) is 122 cm³/mol. The molecule has 162 valence electrons. The molecular formula is C23H25FN4O2S. The minimum absolute atomic E-state index is 0.196. The number of carbonyl (C=O) groups excluding carboxylic acids is 1. The Kier molecular flexibility index (Phi) is 6.48. The van der Waals surface area contributed by atoms with Crippen LogP contribution in [0, 0.1) is 5.82 Å². The number of carbonyl (C=O) groups is 1. The molecule has 3 aromatic rings. The maximum absolute atomic E-state index is 14.6. The summed E-state index contributed by atoms with van der Waals surface area (Å²) in [7, 11) is 3.79. The summed E-state index contributed by atoms with van der Waals surface area (Å²) in [6.07, 6.45) is 2.22. The molecule has 1 aromatic carbocycles. The first-order valence-corrected chi connectivity index (χ1v) is 11.1. The second kappa shape index (κ2) is 9.45. The summed E-state index contributed by atoms with van der Waals surface area (Å²) >= 11 is 1.61. The number of fused-ring (bicyclic) bond motifs is 1. The monoisotopic (exact) mass is 440 g/mol. The zero-order valence-corrected chi connectivity index (χ0v) is 18.4. The fourth-order valence-corrected chi connectivity index (χ4v) is 4.45. The number of nitrogens with zero attached hydrogens (tertiary/aromatic N) is 3. The molecule has 1 N–H and O–H groups in total. The van der Waals surface area contributed by atoms with Crippen molar-refractivity contribution in [1.82, 2.24) is 10.3 Å². The van der Waals surface area contributed by atoms with Gasteiger partial charge in [-0.05, 0) is 43.2 Å². The average molecular weight is 441 g/mol. The van der Waals surface area contributed by atoms with E-state index >= 15 is 0 Å². The number of anilines is 2. The van der Waals surface area contributed by atoms with Crippen LogP contribution in [0.25, 0.3) is 0 Å². The lowest BCUT2D eigenvalue weighted by molar-refractivity contribution is 0.0990. The molecule has 4 rings (SSSR count). The highest BCUT2D eigenvalue weighted by Gasteiger charge is 2.27. The van der Waals surface area contributed by atoms with Gasteiger partial charge in [-0.15, -0.1) is 11.3 Å². The fraction of sp³-hybridized carbons (Fsp3) is 0.304. The van der Waals surface area contributed by atoms with Gasteiger partial charge >= 0.3 is 0 Å². The van der Waals surface area contributed by atoms with Crippen LogP contribution in [0.2, 0.25) is 0 Å². The van der Waals surface area contributed by atoms with Crippen molar-refractivity contribution in [3.05, 3.63) is 70.3 Å². The van der Waals surface area contributed by atoms with Gasteiger partial charge in [0.25, 0.3) is 5.91 Å². The third kappa shape index (κ3) is 4.70. The van der Waals surface area contributed by atoms with Crippen molar-refractivity contribution in [3.63, 3.8) is 0 Å². The van der Waals surface area contributed by atoms with Crippen LogP contribution in [0.4, 0.5) is 15.9 Å². The summed E-state index contributed by atoms with van der Waals surface area (Å²) in [6, 6.07) is 12.0. The minimum atomic E-state index is -0.442. The van der Waals surface area contributed by atoms with Gasteiger partial charge in [-0.1, -0.05) is 6.07 Å². The van der Waals surface area contributed by atoms with Crippen molar-refractivity contribution in [2.45, 2.75) is 12.5 Å². The zero-order chi connectivity index (χ0) is 21.8. The molecule has 1 aliphatic rings. The van der Waals surface area contributed by atoms with E-state index in [0.29, 0.717) is 35.9 Å². The highest BCUT2D eigenvalue weighted by molar-refractivity contribution is 7.10. The lowest BCUT2D eigenvalue weighted by Gasteiger charge is -2.23. The van der Waals surface area contributed by atoms with E-state index in [-0.39, 0.29) is 12.0 Å². The Morgan fingerprint density at radius 3 is 2.90 bits per heavy atom. The number of hydrogen-bond donors (Lipinski definition) is 1. The maximum Gasteiger partial charge on any atom is 0.262 e. The van der Waals surface area contributed by atoms with Crippen molar-refractivity contribution >= 4 is 28.7 Å². The molecule has 0 fully saturated rings. The number of benzene rings is 1. The Balaban J connectivity index is 1.64. The van der Waals surface area contributed by atoms with E-state index in [1.54, 1.807) is 40.6 Å².